The zero-order valence-electron chi connectivity index (χ0n) is 19.3. The molecule has 1 aromatic carbocycles. The highest BCUT2D eigenvalue weighted by atomic mass is 32.2. The van der Waals surface area contributed by atoms with Gasteiger partial charge in [-0.15, -0.1) is 4.48 Å². The minimum absolute atomic E-state index is 0.0365. The van der Waals surface area contributed by atoms with Gasteiger partial charge in [0, 0.05) is 19.8 Å². The SMILES string of the molecule is Cc1ccc(S(=O)(=O)OC2CC(OC3CC(C)(C(=O)O)[N+](C(=O)O)(C(C)(C)C)C3=O)C2)cc1. The number of hydrogen-bond acceptors (Lipinski definition) is 7. The monoisotopic (exact) mass is 484 g/mol. The molecule has 2 fully saturated rings. The number of benzene rings is 1. The largest absolute Gasteiger partial charge is 0.522 e. The van der Waals surface area contributed by atoms with Crippen molar-refractivity contribution in [3.8, 4) is 0 Å². The van der Waals surface area contributed by atoms with E-state index < -0.39 is 62.0 Å². The summed E-state index contributed by atoms with van der Waals surface area (Å²) >= 11 is 0. The van der Waals surface area contributed by atoms with E-state index in [0.717, 1.165) is 5.56 Å². The summed E-state index contributed by atoms with van der Waals surface area (Å²) in [5, 5.41) is 19.9. The molecule has 3 atom stereocenters. The summed E-state index contributed by atoms with van der Waals surface area (Å²) in [7, 11) is -3.96. The van der Waals surface area contributed by atoms with E-state index in [1.165, 1.54) is 39.8 Å². The van der Waals surface area contributed by atoms with Crippen LogP contribution in [0.5, 0.6) is 0 Å². The van der Waals surface area contributed by atoms with Crippen LogP contribution in [0.15, 0.2) is 29.2 Å². The lowest BCUT2D eigenvalue weighted by Crippen LogP contribution is -2.75. The Morgan fingerprint density at radius 1 is 1.09 bits per heavy atom. The normalized spacial score (nSPS) is 32.4. The molecule has 1 heterocycles. The number of aliphatic carboxylic acids is 1. The molecule has 1 aliphatic carbocycles. The van der Waals surface area contributed by atoms with Crippen molar-refractivity contribution in [3.05, 3.63) is 29.8 Å². The topological polar surface area (TPSA) is 144 Å². The minimum atomic E-state index is -3.96. The zero-order valence-corrected chi connectivity index (χ0v) is 20.1. The molecule has 1 aliphatic heterocycles. The Labute approximate surface area is 192 Å². The lowest BCUT2D eigenvalue weighted by Gasteiger charge is -2.45. The van der Waals surface area contributed by atoms with E-state index in [4.69, 9.17) is 8.92 Å². The number of nitrogens with zero attached hydrogens (tertiary/aromatic N) is 1. The van der Waals surface area contributed by atoms with Gasteiger partial charge in [-0.05, 0) is 39.8 Å². The molecule has 10 nitrogen and oxygen atoms in total. The van der Waals surface area contributed by atoms with Crippen molar-refractivity contribution in [1.29, 1.82) is 0 Å². The highest BCUT2D eigenvalue weighted by Gasteiger charge is 2.76. The maximum absolute atomic E-state index is 13.3. The van der Waals surface area contributed by atoms with Crippen molar-refractivity contribution in [2.75, 3.05) is 0 Å². The summed E-state index contributed by atoms with van der Waals surface area (Å²) < 4.78 is 34.6. The molecule has 1 saturated heterocycles. The predicted octanol–water partition coefficient (Wildman–Crippen LogP) is 2.68. The number of ether oxygens (including phenoxy) is 1. The molecule has 2 amide bonds. The summed E-state index contributed by atoms with van der Waals surface area (Å²) in [4.78, 5) is 37.8. The van der Waals surface area contributed by atoms with Crippen molar-refractivity contribution in [1.82, 2.24) is 0 Å². The van der Waals surface area contributed by atoms with Gasteiger partial charge in [0.25, 0.3) is 10.1 Å². The van der Waals surface area contributed by atoms with Gasteiger partial charge in [0.1, 0.15) is 5.54 Å². The first kappa shape index (κ1) is 25.3. The maximum Gasteiger partial charge on any atom is 0.522 e. The number of aryl methyl sites for hydroxylation is 1. The molecule has 33 heavy (non-hydrogen) atoms. The van der Waals surface area contributed by atoms with Gasteiger partial charge in [-0.25, -0.2) is 9.59 Å². The van der Waals surface area contributed by atoms with Crippen LogP contribution in [-0.4, -0.2) is 70.5 Å². The fourth-order valence-corrected chi connectivity index (χ4v) is 6.02. The number of hydrogen-bond donors (Lipinski definition) is 2. The minimum Gasteiger partial charge on any atom is -0.477 e. The summed E-state index contributed by atoms with van der Waals surface area (Å²) in [6, 6.07) is 6.24. The van der Waals surface area contributed by atoms with Crippen molar-refractivity contribution < 1.29 is 46.4 Å². The van der Waals surface area contributed by atoms with Crippen LogP contribution >= 0.6 is 0 Å². The maximum atomic E-state index is 13.3. The molecule has 3 rings (SSSR count). The Morgan fingerprint density at radius 3 is 2.06 bits per heavy atom. The number of carboxylic acids is 1. The van der Waals surface area contributed by atoms with Crippen molar-refractivity contribution in [3.63, 3.8) is 0 Å². The third-order valence-corrected chi connectivity index (χ3v) is 8.04. The van der Waals surface area contributed by atoms with Gasteiger partial charge < -0.3 is 14.9 Å². The molecule has 1 aromatic rings. The predicted molar refractivity (Wildman–Crippen MR) is 115 cm³/mol. The standard InChI is InChI=1S/C22H29NO9S/c1-13-6-8-16(9-7-13)33(29,30)32-15-10-14(11-15)31-17-12-22(5,19(25)26)23(18(17)24,20(27)28)21(2,3)4/h6-9,14-15,17H,10-12H2,1-5H3,(H-,25,26,27,28)/p+1. The second-order valence-corrected chi connectivity index (χ2v) is 11.5. The van der Waals surface area contributed by atoms with E-state index in [9.17, 15) is 33.0 Å². The number of carbonyl (C=O) groups excluding carboxylic acids is 1. The van der Waals surface area contributed by atoms with Crippen molar-refractivity contribution >= 4 is 28.1 Å². The van der Waals surface area contributed by atoms with Gasteiger partial charge >= 0.3 is 18.0 Å². The molecule has 11 heteroatoms. The third-order valence-electron chi connectivity index (χ3n) is 6.66. The Morgan fingerprint density at radius 2 is 1.64 bits per heavy atom. The van der Waals surface area contributed by atoms with E-state index in [0.29, 0.717) is 0 Å². The second-order valence-electron chi connectivity index (χ2n) is 9.95. The van der Waals surface area contributed by atoms with Gasteiger partial charge in [0.05, 0.1) is 23.5 Å². The van der Waals surface area contributed by atoms with E-state index in [1.807, 2.05) is 6.92 Å². The lowest BCUT2D eigenvalue weighted by atomic mass is 9.89. The fourth-order valence-electron chi connectivity index (χ4n) is 4.92. The van der Waals surface area contributed by atoms with Crippen LogP contribution in [0.4, 0.5) is 4.79 Å². The Balaban J connectivity index is 1.72. The van der Waals surface area contributed by atoms with Gasteiger partial charge in [-0.1, -0.05) is 17.7 Å². The van der Waals surface area contributed by atoms with Crippen LogP contribution in [0, 0.1) is 6.92 Å². The van der Waals surface area contributed by atoms with Crippen LogP contribution in [0.1, 0.15) is 52.5 Å². The van der Waals surface area contributed by atoms with E-state index >= 15 is 0 Å². The molecular weight excluding hydrogens is 454 g/mol. The molecular formula is C22H30NO9S+. The number of quaternary nitrogens is 1. The molecule has 3 unspecified atom stereocenters. The number of carboxylic acid groups (broad SMARTS) is 2. The second kappa shape index (κ2) is 8.15. The highest BCUT2D eigenvalue weighted by Crippen LogP contribution is 2.47. The molecule has 0 bridgehead atoms. The lowest BCUT2D eigenvalue weighted by molar-refractivity contribution is -0.863. The number of carbonyl (C=O) groups is 3. The molecule has 2 N–H and O–H groups in total. The first-order chi connectivity index (χ1) is 15.1. The van der Waals surface area contributed by atoms with Gasteiger partial charge in [-0.3, -0.25) is 4.18 Å². The van der Waals surface area contributed by atoms with Crippen LogP contribution in [0.3, 0.4) is 0 Å². The van der Waals surface area contributed by atoms with Crippen LogP contribution in [0.25, 0.3) is 0 Å². The number of rotatable bonds is 6. The Kier molecular flexibility index (Phi) is 6.25. The smallest absolute Gasteiger partial charge is 0.477 e. The number of likely N-dealkylation sites (tertiary alicyclic amines) is 1. The van der Waals surface area contributed by atoms with Crippen LogP contribution < -0.4 is 0 Å². The average Bonchev–Trinajstić information content (AvgIpc) is 2.88. The average molecular weight is 485 g/mol. The zero-order chi connectivity index (χ0) is 25.0. The van der Waals surface area contributed by atoms with Crippen LogP contribution in [-0.2, 0) is 28.6 Å². The van der Waals surface area contributed by atoms with Gasteiger partial charge in [0.2, 0.25) is 5.54 Å². The summed E-state index contributed by atoms with van der Waals surface area (Å²) in [6.45, 7) is 7.60. The molecule has 0 aromatic heterocycles. The molecule has 182 valence electrons. The molecule has 2 aliphatic rings. The van der Waals surface area contributed by atoms with Crippen LogP contribution in [0.2, 0.25) is 0 Å². The van der Waals surface area contributed by atoms with Crippen molar-refractivity contribution in [2.24, 2.45) is 0 Å². The fraction of sp³-hybridized carbons (Fsp3) is 0.591. The first-order valence-corrected chi connectivity index (χ1v) is 12.0. The summed E-state index contributed by atoms with van der Waals surface area (Å²) in [5.41, 5.74) is -2.27. The van der Waals surface area contributed by atoms with E-state index in [1.54, 1.807) is 12.1 Å². The summed E-state index contributed by atoms with van der Waals surface area (Å²) in [5.74, 6) is -2.24. The summed E-state index contributed by atoms with van der Waals surface area (Å²) in [6.07, 6.45) is -3.95. The molecule has 0 spiro atoms. The molecule has 1 saturated carbocycles. The Hall–Kier alpha value is -2.34. The van der Waals surface area contributed by atoms with Crippen molar-refractivity contribution in [2.45, 2.75) is 88.2 Å². The van der Waals surface area contributed by atoms with E-state index in [2.05, 4.69) is 0 Å². The quantitative estimate of drug-likeness (QED) is 0.460. The molecule has 0 radical (unpaired) electrons. The number of imide groups is 1. The third kappa shape index (κ3) is 3.96. The Bertz CT molecular complexity index is 1070. The van der Waals surface area contributed by atoms with Gasteiger partial charge in [0.15, 0.2) is 6.10 Å². The number of amides is 2. The highest BCUT2D eigenvalue weighted by molar-refractivity contribution is 7.86. The van der Waals surface area contributed by atoms with Gasteiger partial charge in [-0.2, -0.15) is 13.2 Å². The first-order valence-electron chi connectivity index (χ1n) is 10.6. The van der Waals surface area contributed by atoms with E-state index in [-0.39, 0.29) is 24.2 Å².